The van der Waals surface area contributed by atoms with Gasteiger partial charge in [-0.2, -0.15) is 0 Å². The van der Waals surface area contributed by atoms with Crippen molar-refractivity contribution < 1.29 is 4.79 Å². The van der Waals surface area contributed by atoms with Crippen molar-refractivity contribution in [3.63, 3.8) is 0 Å². The SMILES string of the molecule is CC(C)(N)C(=O)Nc1ccccc1. The number of hydrogen-bond donors (Lipinski definition) is 2. The second kappa shape index (κ2) is 3.58. The van der Waals surface area contributed by atoms with Gasteiger partial charge in [-0.3, -0.25) is 4.79 Å². The fourth-order valence-corrected chi connectivity index (χ4v) is 0.814. The molecule has 0 radical (unpaired) electrons. The first-order chi connectivity index (χ1) is 6.00. The summed E-state index contributed by atoms with van der Waals surface area (Å²) < 4.78 is 0. The van der Waals surface area contributed by atoms with Gasteiger partial charge in [0, 0.05) is 5.69 Å². The molecule has 1 rings (SSSR count). The molecule has 0 fully saturated rings. The van der Waals surface area contributed by atoms with Crippen molar-refractivity contribution in [1.29, 1.82) is 0 Å². The van der Waals surface area contributed by atoms with Crippen LogP contribution in [0.25, 0.3) is 0 Å². The summed E-state index contributed by atoms with van der Waals surface area (Å²) in [5.74, 6) is -0.182. The van der Waals surface area contributed by atoms with Crippen LogP contribution in [0, 0.1) is 0 Å². The molecule has 0 unspecified atom stereocenters. The Hall–Kier alpha value is -1.35. The van der Waals surface area contributed by atoms with Gasteiger partial charge in [0.25, 0.3) is 0 Å². The fraction of sp³-hybridized carbons (Fsp3) is 0.300. The first kappa shape index (κ1) is 9.74. The largest absolute Gasteiger partial charge is 0.325 e. The lowest BCUT2D eigenvalue weighted by atomic mass is 10.1. The Bertz CT molecular complexity index is 288. The molecule has 1 amide bonds. The molecule has 1 aromatic carbocycles. The molecule has 0 aliphatic carbocycles. The van der Waals surface area contributed by atoms with Crippen LogP contribution >= 0.6 is 0 Å². The van der Waals surface area contributed by atoms with E-state index in [4.69, 9.17) is 5.73 Å². The average Bonchev–Trinajstić information content (AvgIpc) is 2.04. The summed E-state index contributed by atoms with van der Waals surface area (Å²) in [5, 5.41) is 2.72. The highest BCUT2D eigenvalue weighted by Crippen LogP contribution is 2.07. The van der Waals surface area contributed by atoms with E-state index in [0.717, 1.165) is 5.69 Å². The predicted molar refractivity (Wildman–Crippen MR) is 53.3 cm³/mol. The van der Waals surface area contributed by atoms with Gasteiger partial charge < -0.3 is 11.1 Å². The van der Waals surface area contributed by atoms with Gasteiger partial charge in [-0.1, -0.05) is 18.2 Å². The van der Waals surface area contributed by atoms with Crippen LogP contribution in [-0.4, -0.2) is 11.4 Å². The Balaban J connectivity index is 2.66. The minimum atomic E-state index is -0.837. The zero-order chi connectivity index (χ0) is 9.90. The van der Waals surface area contributed by atoms with Crippen LogP contribution < -0.4 is 11.1 Å². The molecule has 0 spiro atoms. The van der Waals surface area contributed by atoms with Crippen molar-refractivity contribution in [2.45, 2.75) is 19.4 Å². The summed E-state index contributed by atoms with van der Waals surface area (Å²) in [6.07, 6.45) is 0. The highest BCUT2D eigenvalue weighted by Gasteiger charge is 2.21. The number of carbonyl (C=O) groups is 1. The normalized spacial score (nSPS) is 11.0. The number of benzene rings is 1. The van der Waals surface area contributed by atoms with E-state index in [1.54, 1.807) is 13.8 Å². The van der Waals surface area contributed by atoms with Crippen molar-refractivity contribution in [3.05, 3.63) is 30.3 Å². The maximum absolute atomic E-state index is 11.4. The van der Waals surface area contributed by atoms with E-state index in [1.165, 1.54) is 0 Å². The average molecular weight is 178 g/mol. The van der Waals surface area contributed by atoms with Gasteiger partial charge in [-0.25, -0.2) is 0 Å². The topological polar surface area (TPSA) is 55.1 Å². The lowest BCUT2D eigenvalue weighted by molar-refractivity contribution is -0.120. The molecule has 0 heterocycles. The number of carbonyl (C=O) groups excluding carboxylic acids is 1. The summed E-state index contributed by atoms with van der Waals surface area (Å²) in [7, 11) is 0. The van der Waals surface area contributed by atoms with Gasteiger partial charge in [0.15, 0.2) is 0 Å². The zero-order valence-corrected chi connectivity index (χ0v) is 7.87. The zero-order valence-electron chi connectivity index (χ0n) is 7.87. The number of anilines is 1. The molecule has 0 saturated carbocycles. The predicted octanol–water partition coefficient (Wildman–Crippen LogP) is 1.36. The lowest BCUT2D eigenvalue weighted by Crippen LogP contribution is -2.45. The Morgan fingerprint density at radius 3 is 2.31 bits per heavy atom. The van der Waals surface area contributed by atoms with Crippen LogP contribution in [0.3, 0.4) is 0 Å². The van der Waals surface area contributed by atoms with E-state index in [2.05, 4.69) is 5.32 Å². The molecule has 3 heteroatoms. The summed E-state index contributed by atoms with van der Waals surface area (Å²) >= 11 is 0. The molecule has 0 aromatic heterocycles. The Kier molecular flexibility index (Phi) is 2.68. The number of para-hydroxylation sites is 1. The first-order valence-corrected chi connectivity index (χ1v) is 4.15. The van der Waals surface area contributed by atoms with Crippen molar-refractivity contribution >= 4 is 11.6 Å². The standard InChI is InChI=1S/C10H14N2O/c1-10(2,11)9(13)12-8-6-4-3-5-7-8/h3-7H,11H2,1-2H3,(H,12,13). The summed E-state index contributed by atoms with van der Waals surface area (Å²) in [4.78, 5) is 11.4. The fourth-order valence-electron chi connectivity index (χ4n) is 0.814. The van der Waals surface area contributed by atoms with Gasteiger partial charge in [-0.05, 0) is 26.0 Å². The van der Waals surface area contributed by atoms with Crippen LogP contribution in [-0.2, 0) is 4.79 Å². The van der Waals surface area contributed by atoms with E-state index in [9.17, 15) is 4.79 Å². The third-order valence-corrected chi connectivity index (χ3v) is 1.62. The van der Waals surface area contributed by atoms with Crippen LogP contribution in [0.15, 0.2) is 30.3 Å². The van der Waals surface area contributed by atoms with Gasteiger partial charge in [-0.15, -0.1) is 0 Å². The Morgan fingerprint density at radius 2 is 1.85 bits per heavy atom. The highest BCUT2D eigenvalue weighted by molar-refractivity contribution is 5.97. The number of nitrogens with two attached hydrogens (primary N) is 1. The lowest BCUT2D eigenvalue weighted by Gasteiger charge is -2.17. The van der Waals surface area contributed by atoms with E-state index in [0.29, 0.717) is 0 Å². The molecule has 13 heavy (non-hydrogen) atoms. The van der Waals surface area contributed by atoms with Crippen molar-refractivity contribution in [2.75, 3.05) is 5.32 Å². The number of rotatable bonds is 2. The van der Waals surface area contributed by atoms with Gasteiger partial charge in [0.2, 0.25) is 5.91 Å². The Labute approximate surface area is 77.9 Å². The quantitative estimate of drug-likeness (QED) is 0.718. The summed E-state index contributed by atoms with van der Waals surface area (Å²) in [6.45, 7) is 3.34. The van der Waals surface area contributed by atoms with E-state index >= 15 is 0 Å². The molecule has 1 aromatic rings. The molecule has 70 valence electrons. The second-order valence-corrected chi connectivity index (χ2v) is 3.54. The smallest absolute Gasteiger partial charge is 0.243 e. The van der Waals surface area contributed by atoms with E-state index in [1.807, 2.05) is 30.3 Å². The van der Waals surface area contributed by atoms with Gasteiger partial charge in [0.1, 0.15) is 0 Å². The van der Waals surface area contributed by atoms with E-state index in [-0.39, 0.29) is 5.91 Å². The molecule has 0 bridgehead atoms. The van der Waals surface area contributed by atoms with Crippen molar-refractivity contribution in [3.8, 4) is 0 Å². The minimum Gasteiger partial charge on any atom is -0.325 e. The van der Waals surface area contributed by atoms with Gasteiger partial charge >= 0.3 is 0 Å². The van der Waals surface area contributed by atoms with Crippen LogP contribution in [0.5, 0.6) is 0 Å². The molecule has 3 nitrogen and oxygen atoms in total. The number of hydrogen-bond acceptors (Lipinski definition) is 2. The van der Waals surface area contributed by atoms with Crippen LogP contribution in [0.2, 0.25) is 0 Å². The van der Waals surface area contributed by atoms with Crippen molar-refractivity contribution in [1.82, 2.24) is 0 Å². The number of amides is 1. The molecular formula is C10H14N2O. The molecule has 0 aliphatic rings. The second-order valence-electron chi connectivity index (χ2n) is 3.54. The maximum atomic E-state index is 11.4. The minimum absolute atomic E-state index is 0.182. The molecule has 0 aliphatic heterocycles. The number of nitrogens with one attached hydrogen (secondary N) is 1. The molecule has 0 saturated heterocycles. The highest BCUT2D eigenvalue weighted by atomic mass is 16.2. The third kappa shape index (κ3) is 2.87. The molecular weight excluding hydrogens is 164 g/mol. The third-order valence-electron chi connectivity index (χ3n) is 1.62. The molecule has 0 atom stereocenters. The summed E-state index contributed by atoms with van der Waals surface area (Å²) in [5.41, 5.74) is 5.55. The van der Waals surface area contributed by atoms with Gasteiger partial charge in [0.05, 0.1) is 5.54 Å². The monoisotopic (exact) mass is 178 g/mol. The molecule has 3 N–H and O–H groups in total. The first-order valence-electron chi connectivity index (χ1n) is 4.15. The van der Waals surface area contributed by atoms with Crippen LogP contribution in [0.1, 0.15) is 13.8 Å². The Morgan fingerprint density at radius 1 is 1.31 bits per heavy atom. The van der Waals surface area contributed by atoms with Crippen LogP contribution in [0.4, 0.5) is 5.69 Å². The van der Waals surface area contributed by atoms with Crippen molar-refractivity contribution in [2.24, 2.45) is 5.73 Å². The van der Waals surface area contributed by atoms with E-state index < -0.39 is 5.54 Å². The maximum Gasteiger partial charge on any atom is 0.243 e. The summed E-state index contributed by atoms with van der Waals surface area (Å²) in [6, 6.07) is 9.26.